The van der Waals surface area contributed by atoms with E-state index in [1.807, 2.05) is 6.92 Å². The quantitative estimate of drug-likeness (QED) is 0.539. The molecule has 0 saturated carbocycles. The van der Waals surface area contributed by atoms with Crippen LogP contribution < -0.4 is 0 Å². The molecule has 0 aliphatic rings. The number of hydrogen-bond donors (Lipinski definition) is 0. The molecule has 0 spiro atoms. The van der Waals surface area contributed by atoms with Crippen molar-refractivity contribution in [2.45, 2.75) is 20.4 Å². The monoisotopic (exact) mass is 194 g/mol. The number of carbonyl (C=O) groups is 1. The molecule has 14 heavy (non-hydrogen) atoms. The van der Waals surface area contributed by atoms with Crippen molar-refractivity contribution in [3.8, 4) is 0 Å². The Morgan fingerprint density at radius 2 is 2.50 bits per heavy atom. The van der Waals surface area contributed by atoms with E-state index in [1.54, 1.807) is 23.7 Å². The molecular weight excluding hydrogens is 180 g/mol. The summed E-state index contributed by atoms with van der Waals surface area (Å²) >= 11 is 0. The van der Waals surface area contributed by atoms with E-state index in [0.717, 1.165) is 5.69 Å². The summed E-state index contributed by atoms with van der Waals surface area (Å²) < 4.78 is 6.48. The summed E-state index contributed by atoms with van der Waals surface area (Å²) in [6, 6.07) is 1.71. The zero-order chi connectivity index (χ0) is 10.6. The van der Waals surface area contributed by atoms with Gasteiger partial charge in [0.2, 0.25) is 0 Å². The lowest BCUT2D eigenvalue weighted by Crippen LogP contribution is -2.12. The first kappa shape index (κ1) is 10.5. The molecular formula is C10H14N2O2. The van der Waals surface area contributed by atoms with Crippen molar-refractivity contribution < 1.29 is 9.53 Å². The SMILES string of the molecule is C=CCn1nc(C)cc1C(=O)OCC. The van der Waals surface area contributed by atoms with E-state index < -0.39 is 0 Å². The third kappa shape index (κ3) is 2.22. The van der Waals surface area contributed by atoms with Crippen LogP contribution in [0.25, 0.3) is 0 Å². The number of esters is 1. The van der Waals surface area contributed by atoms with E-state index in [0.29, 0.717) is 18.8 Å². The number of aryl methyl sites for hydroxylation is 1. The second kappa shape index (κ2) is 4.60. The molecule has 0 amide bonds. The summed E-state index contributed by atoms with van der Waals surface area (Å²) in [6.07, 6.45) is 1.69. The van der Waals surface area contributed by atoms with E-state index >= 15 is 0 Å². The Morgan fingerprint density at radius 3 is 3.07 bits per heavy atom. The molecule has 0 unspecified atom stereocenters. The van der Waals surface area contributed by atoms with Crippen molar-refractivity contribution in [3.05, 3.63) is 30.1 Å². The molecule has 0 aromatic carbocycles. The van der Waals surface area contributed by atoms with E-state index in [9.17, 15) is 4.79 Å². The van der Waals surface area contributed by atoms with Gasteiger partial charge in [0.25, 0.3) is 0 Å². The molecule has 76 valence electrons. The topological polar surface area (TPSA) is 44.1 Å². The Hall–Kier alpha value is -1.58. The Kier molecular flexibility index (Phi) is 3.45. The van der Waals surface area contributed by atoms with Crippen molar-refractivity contribution in [2.75, 3.05) is 6.61 Å². The number of nitrogens with zero attached hydrogens (tertiary/aromatic N) is 2. The van der Waals surface area contributed by atoms with Crippen molar-refractivity contribution in [1.82, 2.24) is 9.78 Å². The summed E-state index contributed by atoms with van der Waals surface area (Å²) in [5.74, 6) is -0.338. The molecule has 4 heteroatoms. The number of allylic oxidation sites excluding steroid dienone is 1. The van der Waals surface area contributed by atoms with Crippen molar-refractivity contribution in [3.63, 3.8) is 0 Å². The van der Waals surface area contributed by atoms with Crippen molar-refractivity contribution in [1.29, 1.82) is 0 Å². The normalized spacial score (nSPS) is 9.86. The van der Waals surface area contributed by atoms with E-state index in [-0.39, 0.29) is 5.97 Å². The zero-order valence-corrected chi connectivity index (χ0v) is 8.49. The minimum Gasteiger partial charge on any atom is -0.461 e. The maximum Gasteiger partial charge on any atom is 0.356 e. The average Bonchev–Trinajstić information content (AvgIpc) is 2.48. The maximum atomic E-state index is 11.4. The second-order valence-corrected chi connectivity index (χ2v) is 2.86. The van der Waals surface area contributed by atoms with Crippen LogP contribution in [0, 0.1) is 6.92 Å². The number of carbonyl (C=O) groups excluding carboxylic acids is 1. The highest BCUT2D eigenvalue weighted by atomic mass is 16.5. The van der Waals surface area contributed by atoms with Gasteiger partial charge in [-0.25, -0.2) is 4.79 Å². The van der Waals surface area contributed by atoms with Gasteiger partial charge in [-0.05, 0) is 19.9 Å². The van der Waals surface area contributed by atoms with Crippen LogP contribution in [0.2, 0.25) is 0 Å². The van der Waals surface area contributed by atoms with Gasteiger partial charge in [0.15, 0.2) is 0 Å². The fourth-order valence-electron chi connectivity index (χ4n) is 1.18. The van der Waals surface area contributed by atoms with Gasteiger partial charge in [0.1, 0.15) is 5.69 Å². The maximum absolute atomic E-state index is 11.4. The van der Waals surface area contributed by atoms with Gasteiger partial charge in [-0.2, -0.15) is 5.10 Å². The molecule has 1 heterocycles. The predicted molar refractivity (Wildman–Crippen MR) is 53.1 cm³/mol. The third-order valence-corrected chi connectivity index (χ3v) is 1.69. The van der Waals surface area contributed by atoms with Gasteiger partial charge in [-0.15, -0.1) is 6.58 Å². The Balaban J connectivity index is 2.93. The first-order valence-corrected chi connectivity index (χ1v) is 4.51. The number of hydrogen-bond acceptors (Lipinski definition) is 3. The van der Waals surface area contributed by atoms with Crippen LogP contribution in [0.15, 0.2) is 18.7 Å². The number of rotatable bonds is 4. The van der Waals surface area contributed by atoms with Crippen LogP contribution in [-0.2, 0) is 11.3 Å². The summed E-state index contributed by atoms with van der Waals surface area (Å²) in [7, 11) is 0. The molecule has 1 rings (SSSR count). The third-order valence-electron chi connectivity index (χ3n) is 1.69. The molecule has 0 saturated heterocycles. The van der Waals surface area contributed by atoms with Gasteiger partial charge >= 0.3 is 5.97 Å². The fraction of sp³-hybridized carbons (Fsp3) is 0.400. The van der Waals surface area contributed by atoms with Crippen LogP contribution in [0.4, 0.5) is 0 Å². The van der Waals surface area contributed by atoms with Gasteiger partial charge in [-0.1, -0.05) is 6.08 Å². The summed E-state index contributed by atoms with van der Waals surface area (Å²) in [5, 5.41) is 4.15. The van der Waals surface area contributed by atoms with Crippen molar-refractivity contribution in [2.24, 2.45) is 0 Å². The lowest BCUT2D eigenvalue weighted by molar-refractivity contribution is 0.0512. The minimum absolute atomic E-state index is 0.338. The van der Waals surface area contributed by atoms with Gasteiger partial charge in [0, 0.05) is 0 Å². The highest BCUT2D eigenvalue weighted by Crippen LogP contribution is 2.05. The van der Waals surface area contributed by atoms with E-state index in [1.165, 1.54) is 0 Å². The summed E-state index contributed by atoms with van der Waals surface area (Å²) in [5.41, 5.74) is 1.28. The average molecular weight is 194 g/mol. The molecule has 4 nitrogen and oxygen atoms in total. The summed E-state index contributed by atoms with van der Waals surface area (Å²) in [4.78, 5) is 11.4. The predicted octanol–water partition coefficient (Wildman–Crippen LogP) is 1.55. The molecule has 0 radical (unpaired) electrons. The molecule has 0 aliphatic carbocycles. The smallest absolute Gasteiger partial charge is 0.356 e. The van der Waals surface area contributed by atoms with E-state index in [4.69, 9.17) is 4.74 Å². The summed E-state index contributed by atoms with van der Waals surface area (Å²) in [6.45, 7) is 8.10. The van der Waals surface area contributed by atoms with Crippen molar-refractivity contribution >= 4 is 5.97 Å². The molecule has 0 fully saturated rings. The molecule has 1 aromatic heterocycles. The van der Waals surface area contributed by atoms with Crippen LogP contribution in [0.1, 0.15) is 23.1 Å². The Labute approximate surface area is 83.2 Å². The molecule has 0 bridgehead atoms. The largest absolute Gasteiger partial charge is 0.461 e. The second-order valence-electron chi connectivity index (χ2n) is 2.86. The Morgan fingerprint density at radius 1 is 1.79 bits per heavy atom. The number of ether oxygens (including phenoxy) is 1. The Bertz CT molecular complexity index is 342. The number of aromatic nitrogens is 2. The first-order valence-electron chi connectivity index (χ1n) is 4.51. The molecule has 1 aromatic rings. The van der Waals surface area contributed by atoms with Crippen LogP contribution >= 0.6 is 0 Å². The molecule has 0 atom stereocenters. The highest BCUT2D eigenvalue weighted by molar-refractivity contribution is 5.87. The zero-order valence-electron chi connectivity index (χ0n) is 8.49. The van der Waals surface area contributed by atoms with Crippen LogP contribution in [0.3, 0.4) is 0 Å². The minimum atomic E-state index is -0.338. The first-order chi connectivity index (χ1) is 6.69. The molecule has 0 N–H and O–H groups in total. The van der Waals surface area contributed by atoms with Crippen LogP contribution in [-0.4, -0.2) is 22.4 Å². The lowest BCUT2D eigenvalue weighted by atomic mass is 10.3. The van der Waals surface area contributed by atoms with Crippen LogP contribution in [0.5, 0.6) is 0 Å². The van der Waals surface area contributed by atoms with Gasteiger partial charge in [0.05, 0.1) is 18.8 Å². The standard InChI is InChI=1S/C10H14N2O2/c1-4-6-12-9(7-8(3)11-12)10(13)14-5-2/h4,7H,1,5-6H2,2-3H3. The molecule has 0 aliphatic heterocycles. The highest BCUT2D eigenvalue weighted by Gasteiger charge is 2.13. The van der Waals surface area contributed by atoms with E-state index in [2.05, 4.69) is 11.7 Å². The lowest BCUT2D eigenvalue weighted by Gasteiger charge is -2.03. The van der Waals surface area contributed by atoms with Gasteiger partial charge < -0.3 is 4.74 Å². The fourth-order valence-corrected chi connectivity index (χ4v) is 1.18. The van der Waals surface area contributed by atoms with Gasteiger partial charge in [-0.3, -0.25) is 4.68 Å².